The number of carbonyl (C=O) groups is 2. The molecule has 2 bridgehead atoms. The zero-order chi connectivity index (χ0) is 16.2. The third-order valence-corrected chi connectivity index (χ3v) is 3.64. The van der Waals surface area contributed by atoms with Crippen LogP contribution in [0.5, 0.6) is 5.88 Å². The van der Waals surface area contributed by atoms with Crippen LogP contribution in [0.25, 0.3) is 0 Å². The number of primary amides is 2. The van der Waals surface area contributed by atoms with Crippen molar-refractivity contribution < 1.29 is 26.7 Å². The standard InChI is InChI=1S/C9H10N6O6S/c10-7(16)6-5-4(3-1-14(6)2-12-3)8(21-22(18,19)20)15(13-5)9(11)17/h2-3,6H,1H2,(H2,10,16)(H2,11,17)(H,18,19,20). The van der Waals surface area contributed by atoms with E-state index in [0.29, 0.717) is 4.68 Å². The fraction of sp³-hybridized carbons (Fsp3) is 0.333. The average Bonchev–Trinajstić information content (AvgIpc) is 2.91. The molecular weight excluding hydrogens is 320 g/mol. The van der Waals surface area contributed by atoms with E-state index in [0.717, 1.165) is 0 Å². The van der Waals surface area contributed by atoms with Gasteiger partial charge in [-0.1, -0.05) is 0 Å². The Morgan fingerprint density at radius 3 is 2.64 bits per heavy atom. The third-order valence-electron chi connectivity index (χ3n) is 3.27. The molecule has 5 N–H and O–H groups in total. The second kappa shape index (κ2) is 4.41. The van der Waals surface area contributed by atoms with Gasteiger partial charge in [0, 0.05) is 6.54 Å². The summed E-state index contributed by atoms with van der Waals surface area (Å²) in [5, 5.41) is 3.80. The maximum atomic E-state index is 11.6. The molecule has 2 aliphatic rings. The van der Waals surface area contributed by atoms with Gasteiger partial charge in [-0.2, -0.15) is 13.5 Å². The van der Waals surface area contributed by atoms with Crippen LogP contribution < -0.4 is 15.7 Å². The van der Waals surface area contributed by atoms with Gasteiger partial charge in [-0.15, -0.1) is 4.68 Å². The summed E-state index contributed by atoms with van der Waals surface area (Å²) in [6.45, 7) is 0.215. The normalized spacial score (nSPS) is 22.5. The first-order valence-electron chi connectivity index (χ1n) is 5.87. The van der Waals surface area contributed by atoms with Crippen molar-refractivity contribution in [1.82, 2.24) is 14.7 Å². The van der Waals surface area contributed by atoms with E-state index in [-0.39, 0.29) is 17.8 Å². The number of hydrogen-bond acceptors (Lipinski definition) is 8. The van der Waals surface area contributed by atoms with E-state index in [4.69, 9.17) is 16.0 Å². The number of rotatable bonds is 3. The lowest BCUT2D eigenvalue weighted by Gasteiger charge is -2.28. The summed E-state index contributed by atoms with van der Waals surface area (Å²) in [6, 6.07) is -2.84. The number of nitrogens with two attached hydrogens (primary N) is 2. The Morgan fingerprint density at radius 1 is 1.41 bits per heavy atom. The quantitative estimate of drug-likeness (QED) is 0.527. The Bertz CT molecular complexity index is 813. The number of aliphatic imine (C=N–C) groups is 1. The molecule has 0 radical (unpaired) electrons. The summed E-state index contributed by atoms with van der Waals surface area (Å²) in [7, 11) is -4.94. The van der Waals surface area contributed by atoms with E-state index in [2.05, 4.69) is 14.3 Å². The molecule has 0 saturated carbocycles. The maximum Gasteiger partial charge on any atom is 0.448 e. The van der Waals surface area contributed by atoms with Crippen LogP contribution in [0.1, 0.15) is 23.3 Å². The monoisotopic (exact) mass is 330 g/mol. The number of nitrogens with zero attached hydrogens (tertiary/aromatic N) is 4. The highest BCUT2D eigenvalue weighted by molar-refractivity contribution is 7.81. The lowest BCUT2D eigenvalue weighted by Crippen LogP contribution is -2.39. The fourth-order valence-corrected chi connectivity index (χ4v) is 2.89. The van der Waals surface area contributed by atoms with Gasteiger partial charge in [0.25, 0.3) is 0 Å². The third kappa shape index (κ3) is 2.06. The Labute approximate surface area is 123 Å². The molecule has 0 spiro atoms. The zero-order valence-corrected chi connectivity index (χ0v) is 11.6. The summed E-state index contributed by atoms with van der Waals surface area (Å²) in [4.78, 5) is 28.6. The van der Waals surface area contributed by atoms with Gasteiger partial charge in [0.05, 0.1) is 11.9 Å². The van der Waals surface area contributed by atoms with Crippen molar-refractivity contribution in [1.29, 1.82) is 0 Å². The van der Waals surface area contributed by atoms with Crippen molar-refractivity contribution in [2.45, 2.75) is 12.1 Å². The van der Waals surface area contributed by atoms with Crippen LogP contribution in [0.4, 0.5) is 4.79 Å². The van der Waals surface area contributed by atoms with Gasteiger partial charge in [-0.05, 0) is 0 Å². The minimum atomic E-state index is -4.94. The van der Waals surface area contributed by atoms with Crippen molar-refractivity contribution in [2.75, 3.05) is 6.54 Å². The minimum absolute atomic E-state index is 0.00120. The first-order chi connectivity index (χ1) is 10.2. The molecule has 2 amide bonds. The molecule has 12 nitrogen and oxygen atoms in total. The first kappa shape index (κ1) is 14.3. The van der Waals surface area contributed by atoms with Crippen molar-refractivity contribution in [2.24, 2.45) is 16.5 Å². The lowest BCUT2D eigenvalue weighted by molar-refractivity contribution is -0.122. The van der Waals surface area contributed by atoms with Gasteiger partial charge in [-0.25, -0.2) is 4.79 Å². The smallest absolute Gasteiger partial charge is 0.368 e. The van der Waals surface area contributed by atoms with Crippen molar-refractivity contribution in [3.8, 4) is 5.88 Å². The Balaban J connectivity index is 2.25. The maximum absolute atomic E-state index is 11.6. The SMILES string of the molecule is NC(=O)C1c2nn(C(N)=O)c(OS(=O)(=O)O)c2C2CN1C=N2. The largest absolute Gasteiger partial charge is 0.448 e. The molecule has 3 rings (SSSR count). The predicted molar refractivity (Wildman–Crippen MR) is 69.3 cm³/mol. The molecule has 2 aliphatic heterocycles. The minimum Gasteiger partial charge on any atom is -0.368 e. The summed E-state index contributed by atoms with van der Waals surface area (Å²) in [6.07, 6.45) is 1.37. The van der Waals surface area contributed by atoms with E-state index in [9.17, 15) is 18.0 Å². The summed E-state index contributed by atoms with van der Waals surface area (Å²) in [5.41, 5.74) is 10.5. The zero-order valence-electron chi connectivity index (χ0n) is 10.8. The summed E-state index contributed by atoms with van der Waals surface area (Å²) in [5.74, 6) is -1.39. The second-order valence-electron chi connectivity index (χ2n) is 4.65. The van der Waals surface area contributed by atoms with Crippen molar-refractivity contribution in [3.05, 3.63) is 11.3 Å². The molecule has 3 heterocycles. The molecule has 0 saturated heterocycles. The average molecular weight is 330 g/mol. The van der Waals surface area contributed by atoms with E-state index in [1.54, 1.807) is 0 Å². The molecule has 13 heteroatoms. The second-order valence-corrected chi connectivity index (χ2v) is 5.67. The number of amides is 2. The predicted octanol–water partition coefficient (Wildman–Crippen LogP) is -2.08. The van der Waals surface area contributed by atoms with Crippen LogP contribution in [0.3, 0.4) is 0 Å². The van der Waals surface area contributed by atoms with Gasteiger partial charge in [0.1, 0.15) is 11.7 Å². The van der Waals surface area contributed by atoms with Gasteiger partial charge >= 0.3 is 16.4 Å². The number of hydrogen-bond donors (Lipinski definition) is 3. The van der Waals surface area contributed by atoms with Gasteiger partial charge in [-0.3, -0.25) is 14.3 Å². The molecule has 0 fully saturated rings. The van der Waals surface area contributed by atoms with Gasteiger partial charge < -0.3 is 20.6 Å². The molecule has 1 aromatic heterocycles. The molecule has 118 valence electrons. The van der Waals surface area contributed by atoms with E-state index in [1.165, 1.54) is 11.2 Å². The summed E-state index contributed by atoms with van der Waals surface area (Å²) < 4.78 is 35.6. The van der Waals surface area contributed by atoms with Crippen LogP contribution in [0.2, 0.25) is 0 Å². The fourth-order valence-electron chi connectivity index (χ4n) is 2.53. The number of fused-ring (bicyclic) bond motifs is 4. The van der Waals surface area contributed by atoms with E-state index < -0.39 is 40.3 Å². The van der Waals surface area contributed by atoms with Crippen LogP contribution in [-0.4, -0.2) is 52.5 Å². The summed E-state index contributed by atoms with van der Waals surface area (Å²) >= 11 is 0. The highest BCUT2D eigenvalue weighted by Crippen LogP contribution is 2.43. The highest BCUT2D eigenvalue weighted by atomic mass is 32.3. The molecule has 2 atom stereocenters. The van der Waals surface area contributed by atoms with Crippen LogP contribution in [0.15, 0.2) is 4.99 Å². The molecule has 22 heavy (non-hydrogen) atoms. The first-order valence-corrected chi connectivity index (χ1v) is 7.23. The van der Waals surface area contributed by atoms with Crippen LogP contribution >= 0.6 is 0 Å². The molecule has 1 aromatic rings. The van der Waals surface area contributed by atoms with Crippen molar-refractivity contribution >= 4 is 28.7 Å². The number of carbonyl (C=O) groups excluding carboxylic acids is 2. The molecule has 0 aliphatic carbocycles. The van der Waals surface area contributed by atoms with E-state index in [1.807, 2.05) is 0 Å². The molecular formula is C9H10N6O6S. The Morgan fingerprint density at radius 2 is 2.09 bits per heavy atom. The van der Waals surface area contributed by atoms with Crippen LogP contribution in [0, 0.1) is 0 Å². The number of aromatic nitrogens is 2. The van der Waals surface area contributed by atoms with E-state index >= 15 is 0 Å². The topological polar surface area (TPSA) is 183 Å². The Kier molecular flexibility index (Phi) is 2.86. The molecule has 0 aromatic carbocycles. The van der Waals surface area contributed by atoms with Crippen molar-refractivity contribution in [3.63, 3.8) is 0 Å². The highest BCUT2D eigenvalue weighted by Gasteiger charge is 2.45. The van der Waals surface area contributed by atoms with Crippen LogP contribution in [-0.2, 0) is 15.2 Å². The van der Waals surface area contributed by atoms with Gasteiger partial charge in [0.15, 0.2) is 6.04 Å². The molecule has 2 unspecified atom stereocenters. The van der Waals surface area contributed by atoms with Gasteiger partial charge in [0.2, 0.25) is 11.8 Å². The lowest BCUT2D eigenvalue weighted by atomic mass is 9.97. The Hall–Kier alpha value is -2.67.